The Balaban J connectivity index is 1.85. The van der Waals surface area contributed by atoms with Crippen LogP contribution in [0.1, 0.15) is 32.0 Å². The molecule has 26 heavy (non-hydrogen) atoms. The first-order valence-corrected chi connectivity index (χ1v) is 9.61. The molecular formula is C18H22N4O3S. The molecule has 3 aromatic rings. The van der Waals surface area contributed by atoms with Crippen LogP contribution in [0.4, 0.5) is 0 Å². The van der Waals surface area contributed by atoms with E-state index >= 15 is 0 Å². The van der Waals surface area contributed by atoms with E-state index in [4.69, 9.17) is 9.63 Å². The summed E-state index contributed by atoms with van der Waals surface area (Å²) in [6.45, 7) is 4.63. The quantitative estimate of drug-likeness (QED) is 0.478. The van der Waals surface area contributed by atoms with Crippen molar-refractivity contribution in [3.05, 3.63) is 46.3 Å². The van der Waals surface area contributed by atoms with Crippen LogP contribution in [0.5, 0.6) is 0 Å². The molecule has 1 N–H and O–H groups in total. The number of thioether (sulfide) groups is 1. The van der Waals surface area contributed by atoms with Crippen molar-refractivity contribution in [2.75, 3.05) is 6.61 Å². The molecule has 2 aromatic heterocycles. The number of benzene rings is 1. The van der Waals surface area contributed by atoms with Gasteiger partial charge in [-0.2, -0.15) is 4.98 Å². The van der Waals surface area contributed by atoms with Gasteiger partial charge in [0.2, 0.25) is 5.89 Å². The average molecular weight is 374 g/mol. The van der Waals surface area contributed by atoms with E-state index in [1.54, 1.807) is 10.6 Å². The normalized spacial score (nSPS) is 11.5. The summed E-state index contributed by atoms with van der Waals surface area (Å²) in [6.07, 6.45) is 1.24. The Morgan fingerprint density at radius 3 is 2.85 bits per heavy atom. The van der Waals surface area contributed by atoms with Crippen molar-refractivity contribution >= 4 is 22.7 Å². The van der Waals surface area contributed by atoms with Gasteiger partial charge < -0.3 is 9.63 Å². The standard InChI is InChI=1S/C18H22N4O3S/c1-12(2)10-16-20-15(21-25-16)11-26-18-19-14-7-4-3-6-13(14)17(24)22(18)8-5-9-23/h3-4,6-7,12,23H,5,8-11H2,1-2H3. The number of hydrogen-bond acceptors (Lipinski definition) is 7. The minimum absolute atomic E-state index is 0.0206. The lowest BCUT2D eigenvalue weighted by molar-refractivity contribution is 0.276. The predicted molar refractivity (Wildman–Crippen MR) is 100 cm³/mol. The lowest BCUT2D eigenvalue weighted by Crippen LogP contribution is -2.24. The van der Waals surface area contributed by atoms with Crippen LogP contribution in [0, 0.1) is 5.92 Å². The van der Waals surface area contributed by atoms with E-state index in [9.17, 15) is 4.79 Å². The van der Waals surface area contributed by atoms with Gasteiger partial charge in [-0.3, -0.25) is 9.36 Å². The zero-order chi connectivity index (χ0) is 18.5. The van der Waals surface area contributed by atoms with Crippen LogP contribution in [0.2, 0.25) is 0 Å². The smallest absolute Gasteiger partial charge is 0.262 e. The second-order valence-electron chi connectivity index (χ2n) is 6.44. The fourth-order valence-corrected chi connectivity index (χ4v) is 3.46. The number of nitrogens with zero attached hydrogens (tertiary/aromatic N) is 4. The van der Waals surface area contributed by atoms with Crippen molar-refractivity contribution in [1.29, 1.82) is 0 Å². The van der Waals surface area contributed by atoms with Crippen molar-refractivity contribution in [3.8, 4) is 0 Å². The molecule has 0 spiro atoms. The molecule has 0 atom stereocenters. The van der Waals surface area contributed by atoms with Gasteiger partial charge in [0.05, 0.1) is 16.7 Å². The maximum absolute atomic E-state index is 12.8. The minimum atomic E-state index is -0.0971. The number of para-hydroxylation sites is 1. The second-order valence-corrected chi connectivity index (χ2v) is 7.38. The summed E-state index contributed by atoms with van der Waals surface area (Å²) < 4.78 is 6.87. The lowest BCUT2D eigenvalue weighted by atomic mass is 10.1. The minimum Gasteiger partial charge on any atom is -0.396 e. The van der Waals surface area contributed by atoms with Crippen molar-refractivity contribution < 1.29 is 9.63 Å². The maximum atomic E-state index is 12.8. The Labute approximate surface area is 155 Å². The number of fused-ring (bicyclic) bond motifs is 1. The first kappa shape index (κ1) is 18.6. The molecule has 8 heteroatoms. The van der Waals surface area contributed by atoms with Gasteiger partial charge in [0.15, 0.2) is 11.0 Å². The zero-order valence-electron chi connectivity index (χ0n) is 14.9. The largest absolute Gasteiger partial charge is 0.396 e. The van der Waals surface area contributed by atoms with Gasteiger partial charge in [-0.05, 0) is 24.5 Å². The molecule has 2 heterocycles. The summed E-state index contributed by atoms with van der Waals surface area (Å²) in [4.78, 5) is 21.8. The van der Waals surface area contributed by atoms with Crippen LogP contribution in [0.15, 0.2) is 38.7 Å². The first-order chi connectivity index (χ1) is 12.6. The Hall–Kier alpha value is -2.19. The number of aliphatic hydroxyl groups is 1. The molecule has 0 aliphatic rings. The molecule has 0 unspecified atom stereocenters. The first-order valence-electron chi connectivity index (χ1n) is 8.63. The van der Waals surface area contributed by atoms with Crippen molar-refractivity contribution in [2.45, 2.75) is 44.1 Å². The highest BCUT2D eigenvalue weighted by molar-refractivity contribution is 7.98. The second kappa shape index (κ2) is 8.46. The Kier molecular flexibility index (Phi) is 6.05. The third kappa shape index (κ3) is 4.31. The third-order valence-corrected chi connectivity index (χ3v) is 4.76. The van der Waals surface area contributed by atoms with Gasteiger partial charge in [-0.15, -0.1) is 0 Å². The van der Waals surface area contributed by atoms with Crippen LogP contribution in [0.25, 0.3) is 10.9 Å². The van der Waals surface area contributed by atoms with E-state index in [0.29, 0.717) is 52.4 Å². The molecular weight excluding hydrogens is 352 g/mol. The van der Waals surface area contributed by atoms with Crippen LogP contribution >= 0.6 is 11.8 Å². The monoisotopic (exact) mass is 374 g/mol. The fraction of sp³-hybridized carbons (Fsp3) is 0.444. The molecule has 0 amide bonds. The summed E-state index contributed by atoms with van der Waals surface area (Å²) in [7, 11) is 0. The van der Waals surface area contributed by atoms with Crippen LogP contribution < -0.4 is 5.56 Å². The molecule has 0 bridgehead atoms. The van der Waals surface area contributed by atoms with Gasteiger partial charge in [0.25, 0.3) is 5.56 Å². The molecule has 0 radical (unpaired) electrons. The van der Waals surface area contributed by atoms with E-state index in [1.165, 1.54) is 11.8 Å². The average Bonchev–Trinajstić information content (AvgIpc) is 3.06. The summed E-state index contributed by atoms with van der Waals surface area (Å²) in [5, 5.41) is 14.3. The highest BCUT2D eigenvalue weighted by Crippen LogP contribution is 2.21. The van der Waals surface area contributed by atoms with Gasteiger partial charge in [0.1, 0.15) is 0 Å². The molecule has 0 aliphatic carbocycles. The van der Waals surface area contributed by atoms with Crippen molar-refractivity contribution in [1.82, 2.24) is 19.7 Å². The maximum Gasteiger partial charge on any atom is 0.262 e. The molecule has 0 aliphatic heterocycles. The topological polar surface area (TPSA) is 94.0 Å². The molecule has 7 nitrogen and oxygen atoms in total. The van der Waals surface area contributed by atoms with Gasteiger partial charge in [-0.25, -0.2) is 4.98 Å². The van der Waals surface area contributed by atoms with E-state index in [2.05, 4.69) is 29.0 Å². The third-order valence-electron chi connectivity index (χ3n) is 3.79. The SMILES string of the molecule is CC(C)Cc1nc(CSc2nc3ccccc3c(=O)n2CCCO)no1. The summed E-state index contributed by atoms with van der Waals surface area (Å²) in [5.74, 6) is 2.12. The Morgan fingerprint density at radius 2 is 2.08 bits per heavy atom. The van der Waals surface area contributed by atoms with Crippen molar-refractivity contribution in [2.24, 2.45) is 5.92 Å². The van der Waals surface area contributed by atoms with E-state index < -0.39 is 0 Å². The fourth-order valence-electron chi connectivity index (χ4n) is 2.59. The Morgan fingerprint density at radius 1 is 1.27 bits per heavy atom. The molecule has 0 saturated carbocycles. The zero-order valence-corrected chi connectivity index (χ0v) is 15.7. The van der Waals surface area contributed by atoms with Gasteiger partial charge in [-0.1, -0.05) is 42.9 Å². The Bertz CT molecular complexity index is 936. The predicted octanol–water partition coefficient (Wildman–Crippen LogP) is 2.65. The van der Waals surface area contributed by atoms with Crippen LogP contribution in [-0.2, 0) is 18.7 Å². The summed E-state index contributed by atoms with van der Waals surface area (Å²) in [5.41, 5.74) is 0.564. The number of aliphatic hydroxyl groups excluding tert-OH is 1. The molecule has 138 valence electrons. The van der Waals surface area contributed by atoms with Crippen LogP contribution in [0.3, 0.4) is 0 Å². The highest BCUT2D eigenvalue weighted by atomic mass is 32.2. The lowest BCUT2D eigenvalue weighted by Gasteiger charge is -2.11. The van der Waals surface area contributed by atoms with E-state index in [-0.39, 0.29) is 12.2 Å². The van der Waals surface area contributed by atoms with Crippen molar-refractivity contribution in [3.63, 3.8) is 0 Å². The van der Waals surface area contributed by atoms with E-state index in [1.807, 2.05) is 18.2 Å². The van der Waals surface area contributed by atoms with Gasteiger partial charge in [0, 0.05) is 19.6 Å². The molecule has 0 fully saturated rings. The van der Waals surface area contributed by atoms with E-state index in [0.717, 1.165) is 6.42 Å². The highest BCUT2D eigenvalue weighted by Gasteiger charge is 2.14. The number of rotatable bonds is 8. The van der Waals surface area contributed by atoms with Gasteiger partial charge >= 0.3 is 0 Å². The molecule has 0 saturated heterocycles. The summed E-state index contributed by atoms with van der Waals surface area (Å²) >= 11 is 1.40. The molecule has 1 aromatic carbocycles. The summed E-state index contributed by atoms with van der Waals surface area (Å²) in [6, 6.07) is 7.28. The number of aromatic nitrogens is 4. The molecule has 3 rings (SSSR count). The number of hydrogen-bond donors (Lipinski definition) is 1. The van der Waals surface area contributed by atoms with Crippen LogP contribution in [-0.4, -0.2) is 31.4 Å².